The van der Waals surface area contributed by atoms with Gasteiger partial charge in [-0.1, -0.05) is 36.4 Å². The Morgan fingerprint density at radius 1 is 1.00 bits per heavy atom. The Balaban J connectivity index is 1.40. The van der Waals surface area contributed by atoms with Gasteiger partial charge in [0.05, 0.1) is 5.92 Å². The van der Waals surface area contributed by atoms with E-state index in [0.717, 1.165) is 78.3 Å². The molecule has 0 aromatic heterocycles. The zero-order chi connectivity index (χ0) is 23.9. The van der Waals surface area contributed by atoms with E-state index in [1.165, 1.54) is 16.3 Å². The maximum Gasteiger partial charge on any atom is 0.224 e. The van der Waals surface area contributed by atoms with E-state index in [-0.39, 0.29) is 11.8 Å². The van der Waals surface area contributed by atoms with Crippen LogP contribution in [0.4, 0.5) is 0 Å². The van der Waals surface area contributed by atoms with Crippen molar-refractivity contribution >= 4 is 16.7 Å². The van der Waals surface area contributed by atoms with Crippen LogP contribution < -0.4 is 5.32 Å². The lowest BCUT2D eigenvalue weighted by Gasteiger charge is -2.41. The Labute approximate surface area is 205 Å². The van der Waals surface area contributed by atoms with Gasteiger partial charge in [0, 0.05) is 58.9 Å². The van der Waals surface area contributed by atoms with Gasteiger partial charge in [0.2, 0.25) is 5.91 Å². The lowest BCUT2D eigenvalue weighted by atomic mass is 9.87. The average Bonchev–Trinajstić information content (AvgIpc) is 2.83. The van der Waals surface area contributed by atoms with Crippen LogP contribution >= 0.6 is 0 Å². The molecule has 34 heavy (non-hydrogen) atoms. The number of nitrogens with zero attached hydrogens (tertiary/aromatic N) is 4. The first kappa shape index (κ1) is 25.1. The lowest BCUT2D eigenvalue weighted by molar-refractivity contribution is -0.127. The summed E-state index contributed by atoms with van der Waals surface area (Å²) in [6.45, 7) is 10.3. The first-order chi connectivity index (χ1) is 16.5. The monoisotopic (exact) mass is 465 g/mol. The third-order valence-electron chi connectivity index (χ3n) is 7.40. The van der Waals surface area contributed by atoms with Gasteiger partial charge >= 0.3 is 0 Å². The van der Waals surface area contributed by atoms with Crippen LogP contribution in [-0.2, 0) is 11.3 Å². The Morgan fingerprint density at radius 3 is 2.53 bits per heavy atom. The molecule has 2 aliphatic rings. The van der Waals surface area contributed by atoms with Crippen molar-refractivity contribution < 1.29 is 4.79 Å². The fraction of sp³-hybridized carbons (Fsp3) is 0.607. The molecule has 1 N–H and O–H groups in total. The van der Waals surface area contributed by atoms with Crippen molar-refractivity contribution in [3.8, 4) is 0 Å². The molecule has 6 nitrogen and oxygen atoms in total. The van der Waals surface area contributed by atoms with Crippen molar-refractivity contribution in [3.63, 3.8) is 0 Å². The summed E-state index contributed by atoms with van der Waals surface area (Å²) in [4.78, 5) is 22.8. The van der Waals surface area contributed by atoms with Gasteiger partial charge in [0.15, 0.2) is 0 Å². The van der Waals surface area contributed by atoms with Gasteiger partial charge in [0.25, 0.3) is 0 Å². The quantitative estimate of drug-likeness (QED) is 0.577. The SMILES string of the molecule is CN(C)CCCNC(=O)[C@@H]1C[C@H](CN2CCN(C)CC2)CN(Cc2ccc3ccccc3c2)C1. The summed E-state index contributed by atoms with van der Waals surface area (Å²) in [6, 6.07) is 15.4. The third kappa shape index (κ3) is 7.25. The van der Waals surface area contributed by atoms with Crippen molar-refractivity contribution in [2.75, 3.05) is 80.0 Å². The fourth-order valence-corrected chi connectivity index (χ4v) is 5.50. The van der Waals surface area contributed by atoms with Crippen molar-refractivity contribution in [1.29, 1.82) is 0 Å². The zero-order valence-corrected chi connectivity index (χ0v) is 21.4. The minimum atomic E-state index is 0.0750. The number of rotatable bonds is 9. The predicted octanol–water partition coefficient (Wildman–Crippen LogP) is 2.59. The molecule has 0 radical (unpaired) electrons. The molecule has 1 amide bonds. The van der Waals surface area contributed by atoms with Crippen LogP contribution in [0.1, 0.15) is 18.4 Å². The second-order valence-electron chi connectivity index (χ2n) is 10.7. The molecule has 2 heterocycles. The Hall–Kier alpha value is -1.99. The van der Waals surface area contributed by atoms with E-state index >= 15 is 0 Å². The van der Waals surface area contributed by atoms with Gasteiger partial charge < -0.3 is 20.0 Å². The summed E-state index contributed by atoms with van der Waals surface area (Å²) in [5.41, 5.74) is 1.34. The van der Waals surface area contributed by atoms with E-state index in [2.05, 4.69) is 88.5 Å². The maximum atomic E-state index is 13.1. The van der Waals surface area contributed by atoms with Crippen LogP contribution in [0, 0.1) is 11.8 Å². The van der Waals surface area contributed by atoms with Gasteiger partial charge in [-0.15, -0.1) is 0 Å². The molecule has 0 unspecified atom stereocenters. The first-order valence-electron chi connectivity index (χ1n) is 13.0. The standard InChI is InChI=1S/C28H43N5O/c1-30(2)12-6-11-29-28(34)27-18-24(20-32-15-13-31(3)14-16-32)21-33(22-27)19-23-9-10-25-7-4-5-8-26(25)17-23/h4-5,7-10,17,24,27H,6,11-16,18-22H2,1-3H3,(H,29,34)/t24-,27-/m1/s1. The molecule has 2 atom stereocenters. The molecule has 0 spiro atoms. The molecule has 0 aliphatic carbocycles. The maximum absolute atomic E-state index is 13.1. The van der Waals surface area contributed by atoms with Crippen LogP contribution in [0.2, 0.25) is 0 Å². The number of carbonyl (C=O) groups excluding carboxylic acids is 1. The van der Waals surface area contributed by atoms with Gasteiger partial charge in [-0.05, 0) is 68.8 Å². The minimum absolute atomic E-state index is 0.0750. The summed E-state index contributed by atoms with van der Waals surface area (Å²) in [6.07, 6.45) is 2.00. The molecule has 0 bridgehead atoms. The summed E-state index contributed by atoms with van der Waals surface area (Å²) >= 11 is 0. The molecular weight excluding hydrogens is 422 g/mol. The smallest absolute Gasteiger partial charge is 0.224 e. The van der Waals surface area contributed by atoms with Crippen molar-refractivity contribution in [3.05, 3.63) is 48.0 Å². The number of amides is 1. The van der Waals surface area contributed by atoms with Crippen LogP contribution in [-0.4, -0.2) is 106 Å². The number of piperidine rings is 1. The number of nitrogens with one attached hydrogen (secondary N) is 1. The average molecular weight is 466 g/mol. The topological polar surface area (TPSA) is 42.1 Å². The highest BCUT2D eigenvalue weighted by atomic mass is 16.1. The number of likely N-dealkylation sites (tertiary alicyclic amines) is 1. The molecule has 2 fully saturated rings. The van der Waals surface area contributed by atoms with Crippen LogP contribution in [0.3, 0.4) is 0 Å². The molecule has 2 aromatic carbocycles. The molecular formula is C28H43N5O. The van der Waals surface area contributed by atoms with E-state index in [1.807, 2.05) is 0 Å². The zero-order valence-electron chi connectivity index (χ0n) is 21.4. The number of carbonyl (C=O) groups is 1. The molecule has 186 valence electrons. The highest BCUT2D eigenvalue weighted by molar-refractivity contribution is 5.83. The largest absolute Gasteiger partial charge is 0.356 e. The van der Waals surface area contributed by atoms with Gasteiger partial charge in [-0.2, -0.15) is 0 Å². The molecule has 6 heteroatoms. The predicted molar refractivity (Wildman–Crippen MR) is 141 cm³/mol. The Kier molecular flexibility index (Phi) is 8.95. The van der Waals surface area contributed by atoms with Crippen LogP contribution in [0.15, 0.2) is 42.5 Å². The summed E-state index contributed by atoms with van der Waals surface area (Å²) in [5.74, 6) is 0.853. The van der Waals surface area contributed by atoms with E-state index in [9.17, 15) is 4.79 Å². The lowest BCUT2D eigenvalue weighted by Crippen LogP contribution is -2.51. The number of fused-ring (bicyclic) bond motifs is 1. The third-order valence-corrected chi connectivity index (χ3v) is 7.40. The normalized spacial score (nSPS) is 22.9. The van der Waals surface area contributed by atoms with Crippen molar-refractivity contribution in [2.45, 2.75) is 19.4 Å². The fourth-order valence-electron chi connectivity index (χ4n) is 5.50. The van der Waals surface area contributed by atoms with Crippen LogP contribution in [0.5, 0.6) is 0 Å². The highest BCUT2D eigenvalue weighted by Gasteiger charge is 2.32. The molecule has 2 saturated heterocycles. The summed E-state index contributed by atoms with van der Waals surface area (Å²) < 4.78 is 0. The summed E-state index contributed by atoms with van der Waals surface area (Å²) in [7, 11) is 6.37. The van der Waals surface area contributed by atoms with Crippen molar-refractivity contribution in [1.82, 2.24) is 24.9 Å². The van der Waals surface area contributed by atoms with E-state index < -0.39 is 0 Å². The van der Waals surface area contributed by atoms with E-state index in [4.69, 9.17) is 0 Å². The minimum Gasteiger partial charge on any atom is -0.356 e. The summed E-state index contributed by atoms with van der Waals surface area (Å²) in [5, 5.41) is 5.81. The van der Waals surface area contributed by atoms with Crippen molar-refractivity contribution in [2.24, 2.45) is 11.8 Å². The number of piperazine rings is 1. The Bertz CT molecular complexity index is 924. The number of hydrogen-bond acceptors (Lipinski definition) is 5. The second kappa shape index (κ2) is 12.1. The van der Waals surface area contributed by atoms with E-state index in [1.54, 1.807) is 0 Å². The molecule has 0 saturated carbocycles. The molecule has 4 rings (SSSR count). The highest BCUT2D eigenvalue weighted by Crippen LogP contribution is 2.26. The van der Waals surface area contributed by atoms with E-state index in [0.29, 0.717) is 5.92 Å². The number of likely N-dealkylation sites (N-methyl/N-ethyl adjacent to an activating group) is 1. The van der Waals surface area contributed by atoms with Gasteiger partial charge in [-0.25, -0.2) is 0 Å². The van der Waals surface area contributed by atoms with Crippen LogP contribution in [0.25, 0.3) is 10.8 Å². The first-order valence-corrected chi connectivity index (χ1v) is 13.0. The second-order valence-corrected chi connectivity index (χ2v) is 10.7. The Morgan fingerprint density at radius 2 is 1.76 bits per heavy atom. The van der Waals surface area contributed by atoms with Gasteiger partial charge in [-0.3, -0.25) is 9.69 Å². The molecule has 2 aromatic rings. The molecule has 2 aliphatic heterocycles. The van der Waals surface area contributed by atoms with Gasteiger partial charge in [0.1, 0.15) is 0 Å². The number of benzene rings is 2. The number of hydrogen-bond donors (Lipinski definition) is 1.